The van der Waals surface area contributed by atoms with Gasteiger partial charge in [0.25, 0.3) is 5.91 Å². The second-order valence-corrected chi connectivity index (χ2v) is 15.6. The Bertz CT molecular complexity index is 1530. The average Bonchev–Trinajstić information content (AvgIpc) is 3.13. The van der Waals surface area contributed by atoms with E-state index in [1.54, 1.807) is 25.1 Å². The van der Waals surface area contributed by atoms with E-state index >= 15 is 0 Å². The van der Waals surface area contributed by atoms with Gasteiger partial charge in [-0.05, 0) is 105 Å². The smallest absolute Gasteiger partial charge is 0.264 e. The van der Waals surface area contributed by atoms with E-state index in [0.29, 0.717) is 31.2 Å². The molecule has 2 aliphatic carbocycles. The Morgan fingerprint density at radius 1 is 1.18 bits per heavy atom. The number of benzene rings is 2. The third-order valence-corrected chi connectivity index (χ3v) is 12.6. The minimum absolute atomic E-state index is 0.0569. The van der Waals surface area contributed by atoms with Crippen LogP contribution in [0.15, 0.2) is 48.6 Å². The van der Waals surface area contributed by atoms with E-state index in [2.05, 4.69) is 21.8 Å². The molecule has 0 aromatic heterocycles. The van der Waals surface area contributed by atoms with Gasteiger partial charge in [0.05, 0.1) is 36.9 Å². The van der Waals surface area contributed by atoms with Crippen LogP contribution < -0.4 is 14.4 Å². The number of aliphatic hydroxyl groups excluding tert-OH is 1. The first kappa shape index (κ1) is 31.4. The van der Waals surface area contributed by atoms with Crippen molar-refractivity contribution in [2.24, 2.45) is 17.8 Å². The van der Waals surface area contributed by atoms with E-state index in [-0.39, 0.29) is 42.1 Å². The lowest BCUT2D eigenvalue weighted by Crippen LogP contribution is -2.49. The summed E-state index contributed by atoms with van der Waals surface area (Å²) in [6, 6.07) is 11.4. The maximum Gasteiger partial charge on any atom is 0.264 e. The van der Waals surface area contributed by atoms with Crippen molar-refractivity contribution in [1.82, 2.24) is 4.72 Å². The van der Waals surface area contributed by atoms with Crippen LogP contribution in [0.25, 0.3) is 0 Å². The number of sulfonamides is 1. The third kappa shape index (κ3) is 6.13. The molecule has 1 amide bonds. The monoisotopic (exact) mass is 642 g/mol. The molecule has 2 aromatic rings. The van der Waals surface area contributed by atoms with Gasteiger partial charge < -0.3 is 19.5 Å². The minimum atomic E-state index is -3.93. The quantitative estimate of drug-likeness (QED) is 0.440. The summed E-state index contributed by atoms with van der Waals surface area (Å²) in [7, 11) is -3.93. The maximum atomic E-state index is 13.4. The number of aryl methyl sites for hydroxylation is 1. The van der Waals surface area contributed by atoms with Crippen LogP contribution in [0.5, 0.6) is 5.75 Å². The first-order valence-electron chi connectivity index (χ1n) is 15.9. The Hall–Kier alpha value is -2.59. The van der Waals surface area contributed by atoms with Crippen LogP contribution >= 0.6 is 11.6 Å². The van der Waals surface area contributed by atoms with Gasteiger partial charge in [-0.25, -0.2) is 13.1 Å². The zero-order valence-electron chi connectivity index (χ0n) is 25.5. The number of carbonyl (C=O) groups excluding carboxylic acids is 1. The lowest BCUT2D eigenvalue weighted by Gasteiger charge is -2.46. The highest BCUT2D eigenvalue weighted by Gasteiger charge is 2.44. The van der Waals surface area contributed by atoms with Gasteiger partial charge in [-0.3, -0.25) is 4.79 Å². The van der Waals surface area contributed by atoms with Gasteiger partial charge in [-0.2, -0.15) is 0 Å². The van der Waals surface area contributed by atoms with Crippen LogP contribution in [0.1, 0.15) is 67.4 Å². The molecule has 6 unspecified atom stereocenters. The number of nitrogens with one attached hydrogen (secondary N) is 1. The van der Waals surface area contributed by atoms with Gasteiger partial charge in [0, 0.05) is 29.1 Å². The third-order valence-electron chi connectivity index (χ3n) is 10.4. The van der Waals surface area contributed by atoms with E-state index in [1.165, 1.54) is 11.1 Å². The summed E-state index contributed by atoms with van der Waals surface area (Å²) in [5.74, 6) is 0.427. The number of rotatable bonds is 3. The van der Waals surface area contributed by atoms with E-state index in [1.807, 2.05) is 25.1 Å². The molecule has 2 aromatic carbocycles. The normalized spacial score (nSPS) is 32.3. The van der Waals surface area contributed by atoms with Gasteiger partial charge in [0.15, 0.2) is 0 Å². The molecule has 2 N–H and O–H groups in total. The molecule has 2 heterocycles. The molecular formula is C34H43ClN2O6S. The molecule has 1 fully saturated rings. The Kier molecular flexibility index (Phi) is 9.03. The lowest BCUT2D eigenvalue weighted by molar-refractivity contribution is -0.0258. The van der Waals surface area contributed by atoms with Crippen molar-refractivity contribution < 1.29 is 27.8 Å². The van der Waals surface area contributed by atoms with Crippen molar-refractivity contribution in [2.75, 3.05) is 37.8 Å². The van der Waals surface area contributed by atoms with Crippen molar-refractivity contribution in [2.45, 2.75) is 69.1 Å². The molecular weight excluding hydrogens is 600 g/mol. The Morgan fingerprint density at radius 3 is 2.80 bits per heavy atom. The number of ether oxygens (including phenoxy) is 2. The Balaban J connectivity index is 1.42. The average molecular weight is 643 g/mol. The molecule has 2 bridgehead atoms. The molecule has 1 saturated carbocycles. The fourth-order valence-electron chi connectivity index (χ4n) is 7.51. The highest BCUT2D eigenvalue weighted by Crippen LogP contribution is 2.47. The first-order chi connectivity index (χ1) is 21.1. The summed E-state index contributed by atoms with van der Waals surface area (Å²) in [6.07, 6.45) is 9.43. The molecule has 6 rings (SSSR count). The predicted octanol–water partition coefficient (Wildman–Crippen LogP) is 5.26. The summed E-state index contributed by atoms with van der Waals surface area (Å²) < 4.78 is 41.6. The lowest BCUT2D eigenvalue weighted by atomic mass is 9.68. The number of carbonyl (C=O) groups is 1. The number of allylic oxidation sites excluding steroid dienone is 1. The van der Waals surface area contributed by atoms with Gasteiger partial charge in [0.2, 0.25) is 10.0 Å². The first-order valence-corrected chi connectivity index (χ1v) is 17.8. The number of aliphatic hydroxyl groups is 1. The topological polar surface area (TPSA) is 105 Å². The fourth-order valence-corrected chi connectivity index (χ4v) is 8.99. The van der Waals surface area contributed by atoms with Gasteiger partial charge in [-0.1, -0.05) is 36.7 Å². The van der Waals surface area contributed by atoms with E-state index in [0.717, 1.165) is 49.4 Å². The zero-order chi connectivity index (χ0) is 31.1. The number of hydrogen-bond donors (Lipinski definition) is 2. The largest absolute Gasteiger partial charge is 0.490 e. The summed E-state index contributed by atoms with van der Waals surface area (Å²) in [5.41, 5.74) is 3.34. The fraction of sp³-hybridized carbons (Fsp3) is 0.559. The molecule has 1 spiro atoms. The highest BCUT2D eigenvalue weighted by molar-refractivity contribution is 7.90. The molecule has 10 heteroatoms. The number of halogens is 1. The van der Waals surface area contributed by atoms with Crippen LogP contribution in [-0.2, 0) is 26.6 Å². The second-order valence-electron chi connectivity index (χ2n) is 13.2. The van der Waals surface area contributed by atoms with Gasteiger partial charge in [-0.15, -0.1) is 0 Å². The molecule has 6 atom stereocenters. The number of hydrogen-bond acceptors (Lipinski definition) is 7. The molecule has 2 aliphatic heterocycles. The summed E-state index contributed by atoms with van der Waals surface area (Å²) in [4.78, 5) is 15.8. The predicted molar refractivity (Wildman–Crippen MR) is 172 cm³/mol. The Labute approximate surface area is 265 Å². The van der Waals surface area contributed by atoms with Crippen LogP contribution in [-0.4, -0.2) is 63.7 Å². The molecule has 0 radical (unpaired) electrons. The van der Waals surface area contributed by atoms with Crippen LogP contribution in [0.4, 0.5) is 5.69 Å². The van der Waals surface area contributed by atoms with Gasteiger partial charge in [0.1, 0.15) is 5.75 Å². The highest BCUT2D eigenvalue weighted by atomic mass is 35.5. The molecule has 238 valence electrons. The van der Waals surface area contributed by atoms with Gasteiger partial charge >= 0.3 is 0 Å². The standard InChI is InChI=1S/C34H43ClN2O6S/c1-22-5-3-7-31(42-16-15-38)28-11-8-26(28)19-37-20-34(14-4-6-24-17-27(35)10-12-29(24)34)21-43-32-13-9-25(18-30(32)37)33(39)36-44(40,41)23(22)2/h3,7,9-10,12-13,17-18,22-23,26,28,31,38H,4-6,8,11,14-16,19-21H2,1-2H3,(H,36,39)/b7-3+. The van der Waals surface area contributed by atoms with E-state index in [9.17, 15) is 18.3 Å². The van der Waals surface area contributed by atoms with Crippen molar-refractivity contribution in [3.8, 4) is 5.75 Å². The Morgan fingerprint density at radius 2 is 2.02 bits per heavy atom. The van der Waals surface area contributed by atoms with E-state index < -0.39 is 21.2 Å². The second kappa shape index (κ2) is 12.7. The zero-order valence-corrected chi connectivity index (χ0v) is 27.1. The van der Waals surface area contributed by atoms with Crippen LogP contribution in [0, 0.1) is 17.8 Å². The van der Waals surface area contributed by atoms with Crippen molar-refractivity contribution in [3.63, 3.8) is 0 Å². The van der Waals surface area contributed by atoms with E-state index in [4.69, 9.17) is 21.1 Å². The number of amides is 1. The maximum absolute atomic E-state index is 13.4. The number of fused-ring (bicyclic) bond motifs is 4. The minimum Gasteiger partial charge on any atom is -0.490 e. The summed E-state index contributed by atoms with van der Waals surface area (Å²) >= 11 is 6.41. The van der Waals surface area contributed by atoms with Crippen molar-refractivity contribution >= 4 is 33.2 Å². The molecule has 0 saturated heterocycles. The molecule has 4 aliphatic rings. The summed E-state index contributed by atoms with van der Waals surface area (Å²) in [5, 5.41) is 9.50. The summed E-state index contributed by atoms with van der Waals surface area (Å²) in [6.45, 7) is 5.65. The van der Waals surface area contributed by atoms with Crippen LogP contribution in [0.3, 0.4) is 0 Å². The number of nitrogens with zero attached hydrogens (tertiary/aromatic N) is 1. The number of anilines is 1. The molecule has 44 heavy (non-hydrogen) atoms. The van der Waals surface area contributed by atoms with Crippen molar-refractivity contribution in [1.29, 1.82) is 0 Å². The SMILES string of the molecule is CC1C/C=C/C(OCCO)C2CCC2CN2CC3(CCCc4cc(Cl)ccc43)COc3ccc(cc32)C(=O)NS(=O)(=O)C1C. The molecule has 8 nitrogen and oxygen atoms in total. The van der Waals surface area contributed by atoms with Crippen LogP contribution in [0.2, 0.25) is 5.02 Å². The van der Waals surface area contributed by atoms with Crippen molar-refractivity contribution in [3.05, 3.63) is 70.3 Å².